The number of nitrogens with zero attached hydrogens (tertiary/aromatic N) is 1. The van der Waals surface area contributed by atoms with Crippen LogP contribution in [0.15, 0.2) is 72.8 Å². The highest BCUT2D eigenvalue weighted by atomic mass is 35.5. The van der Waals surface area contributed by atoms with Gasteiger partial charge in [0.2, 0.25) is 0 Å². The van der Waals surface area contributed by atoms with Gasteiger partial charge in [-0.25, -0.2) is 0 Å². The summed E-state index contributed by atoms with van der Waals surface area (Å²) in [6.07, 6.45) is -0.258. The van der Waals surface area contributed by atoms with Crippen molar-refractivity contribution < 1.29 is 24.0 Å². The molecule has 3 aromatic rings. The molecular formula is C24H19ClN2O6. The molecule has 0 fully saturated rings. The fraction of sp³-hybridized carbons (Fsp3) is 0.125. The first-order valence-corrected chi connectivity index (χ1v) is 10.3. The van der Waals surface area contributed by atoms with Crippen molar-refractivity contribution in [3.8, 4) is 11.1 Å². The average molecular weight is 467 g/mol. The van der Waals surface area contributed by atoms with Gasteiger partial charge in [0.05, 0.1) is 22.1 Å². The number of carbonyl (C=O) groups excluding carboxylic acids is 3. The second-order valence-electron chi connectivity index (χ2n) is 7.00. The number of esters is 1. The van der Waals surface area contributed by atoms with Crippen molar-refractivity contribution in [2.45, 2.75) is 12.8 Å². The van der Waals surface area contributed by atoms with Crippen molar-refractivity contribution in [2.75, 3.05) is 11.9 Å². The molecule has 9 heteroatoms. The zero-order valence-electron chi connectivity index (χ0n) is 17.3. The van der Waals surface area contributed by atoms with Crippen LogP contribution in [0.25, 0.3) is 11.1 Å². The van der Waals surface area contributed by atoms with E-state index in [0.29, 0.717) is 5.56 Å². The Morgan fingerprint density at radius 2 is 1.58 bits per heavy atom. The maximum atomic E-state index is 12.3. The van der Waals surface area contributed by atoms with Gasteiger partial charge in [-0.1, -0.05) is 66.2 Å². The third-order valence-corrected chi connectivity index (χ3v) is 5.00. The summed E-state index contributed by atoms with van der Waals surface area (Å²) in [6, 6.07) is 20.4. The van der Waals surface area contributed by atoms with Gasteiger partial charge < -0.3 is 10.1 Å². The molecule has 3 aromatic carbocycles. The number of carbonyl (C=O) groups is 3. The third-order valence-electron chi connectivity index (χ3n) is 4.67. The number of nitro groups is 1. The van der Waals surface area contributed by atoms with Crippen LogP contribution in [0, 0.1) is 10.1 Å². The zero-order chi connectivity index (χ0) is 23.8. The van der Waals surface area contributed by atoms with Crippen LogP contribution in [0.5, 0.6) is 0 Å². The predicted octanol–water partition coefficient (Wildman–Crippen LogP) is 5.06. The number of nitro benzene ring substituents is 1. The molecule has 0 unspecified atom stereocenters. The molecule has 168 valence electrons. The number of halogens is 1. The van der Waals surface area contributed by atoms with Gasteiger partial charge in [0.25, 0.3) is 11.6 Å². The van der Waals surface area contributed by atoms with Gasteiger partial charge >= 0.3 is 5.97 Å². The van der Waals surface area contributed by atoms with Crippen molar-refractivity contribution in [1.82, 2.24) is 0 Å². The second-order valence-corrected chi connectivity index (χ2v) is 7.40. The maximum absolute atomic E-state index is 12.3. The van der Waals surface area contributed by atoms with Gasteiger partial charge in [-0.15, -0.1) is 0 Å². The lowest BCUT2D eigenvalue weighted by Gasteiger charge is -2.08. The van der Waals surface area contributed by atoms with Gasteiger partial charge in [0.1, 0.15) is 0 Å². The van der Waals surface area contributed by atoms with Gasteiger partial charge in [0, 0.05) is 24.1 Å². The van der Waals surface area contributed by atoms with E-state index in [0.717, 1.165) is 17.2 Å². The van der Waals surface area contributed by atoms with Crippen LogP contribution in [-0.2, 0) is 14.3 Å². The number of amides is 1. The Hall–Kier alpha value is -4.04. The molecule has 0 aliphatic heterocycles. The number of ether oxygens (including phenoxy) is 1. The normalized spacial score (nSPS) is 10.3. The Balaban J connectivity index is 1.45. The highest BCUT2D eigenvalue weighted by molar-refractivity contribution is 6.33. The largest absolute Gasteiger partial charge is 0.456 e. The Labute approximate surface area is 194 Å². The summed E-state index contributed by atoms with van der Waals surface area (Å²) in [6.45, 7) is -0.613. The van der Waals surface area contributed by atoms with Crippen LogP contribution in [0.1, 0.15) is 23.2 Å². The number of benzene rings is 3. The molecule has 0 aromatic heterocycles. The molecule has 0 heterocycles. The molecule has 1 amide bonds. The molecule has 0 aliphatic carbocycles. The lowest BCUT2D eigenvalue weighted by atomic mass is 10.0. The molecule has 0 radical (unpaired) electrons. The minimum absolute atomic E-state index is 0.0287. The monoisotopic (exact) mass is 466 g/mol. The molecular weight excluding hydrogens is 448 g/mol. The smallest absolute Gasteiger partial charge is 0.306 e. The second kappa shape index (κ2) is 11.0. The van der Waals surface area contributed by atoms with E-state index in [1.54, 1.807) is 12.1 Å². The first-order chi connectivity index (χ1) is 15.8. The zero-order valence-corrected chi connectivity index (χ0v) is 18.1. The lowest BCUT2D eigenvalue weighted by molar-refractivity contribution is -0.384. The maximum Gasteiger partial charge on any atom is 0.306 e. The average Bonchev–Trinajstić information content (AvgIpc) is 2.83. The molecule has 8 nitrogen and oxygen atoms in total. The van der Waals surface area contributed by atoms with E-state index in [9.17, 15) is 24.5 Å². The predicted molar refractivity (Wildman–Crippen MR) is 123 cm³/mol. The van der Waals surface area contributed by atoms with E-state index in [1.807, 2.05) is 42.5 Å². The topological polar surface area (TPSA) is 116 Å². The summed E-state index contributed by atoms with van der Waals surface area (Å²) < 4.78 is 4.88. The SMILES string of the molecule is O=C(COC(=O)CCC(=O)c1ccc(-c2ccccc2)cc1)Nc1cc([N+](=O)[O-])ccc1Cl. The Kier molecular flexibility index (Phi) is 7.88. The molecule has 0 saturated carbocycles. The molecule has 1 N–H and O–H groups in total. The number of Topliss-reactive ketones (excluding diaryl/α,β-unsaturated/α-hetero) is 1. The number of nitrogens with one attached hydrogen (secondary N) is 1. The first kappa shape index (κ1) is 23.6. The molecule has 0 bridgehead atoms. The summed E-state index contributed by atoms with van der Waals surface area (Å²) in [5.74, 6) is -1.66. The number of non-ortho nitro benzene ring substituents is 1. The molecule has 33 heavy (non-hydrogen) atoms. The van der Waals surface area contributed by atoms with Gasteiger partial charge in [-0.3, -0.25) is 24.5 Å². The summed E-state index contributed by atoms with van der Waals surface area (Å²) in [5, 5.41) is 13.3. The van der Waals surface area contributed by atoms with Gasteiger partial charge in [-0.2, -0.15) is 0 Å². The Bertz CT molecular complexity index is 1180. The minimum Gasteiger partial charge on any atom is -0.456 e. The lowest BCUT2D eigenvalue weighted by Crippen LogP contribution is -2.21. The molecule has 3 rings (SSSR count). The van der Waals surface area contributed by atoms with Crippen LogP contribution in [0.3, 0.4) is 0 Å². The highest BCUT2D eigenvalue weighted by Gasteiger charge is 2.15. The molecule has 0 aliphatic rings. The molecule has 0 saturated heterocycles. The molecule has 0 spiro atoms. The van der Waals surface area contributed by atoms with Crippen molar-refractivity contribution in [2.24, 2.45) is 0 Å². The van der Waals surface area contributed by atoms with Crippen molar-refractivity contribution in [1.29, 1.82) is 0 Å². The molecule has 0 atom stereocenters. The van der Waals surface area contributed by atoms with Gasteiger partial charge in [-0.05, 0) is 17.2 Å². The number of ketones is 1. The summed E-state index contributed by atoms with van der Waals surface area (Å²) in [4.78, 5) is 46.4. The first-order valence-electron chi connectivity index (χ1n) is 9.91. The van der Waals surface area contributed by atoms with Crippen molar-refractivity contribution in [3.63, 3.8) is 0 Å². The van der Waals surface area contributed by atoms with E-state index >= 15 is 0 Å². The third kappa shape index (κ3) is 6.72. The number of hydrogen-bond acceptors (Lipinski definition) is 6. The Morgan fingerprint density at radius 1 is 0.909 bits per heavy atom. The summed E-state index contributed by atoms with van der Waals surface area (Å²) in [7, 11) is 0. The van der Waals surface area contributed by atoms with E-state index in [4.69, 9.17) is 16.3 Å². The van der Waals surface area contributed by atoms with Crippen LogP contribution in [-0.4, -0.2) is 29.2 Å². The highest BCUT2D eigenvalue weighted by Crippen LogP contribution is 2.26. The van der Waals surface area contributed by atoms with Crippen LogP contribution in [0.2, 0.25) is 5.02 Å². The van der Waals surface area contributed by atoms with Crippen molar-refractivity contribution in [3.05, 3.63) is 93.5 Å². The van der Waals surface area contributed by atoms with Crippen molar-refractivity contribution >= 4 is 40.6 Å². The standard InChI is InChI=1S/C24H19ClN2O6/c25-20-11-10-19(27(31)32)14-21(20)26-23(29)15-33-24(30)13-12-22(28)18-8-6-17(7-9-18)16-4-2-1-3-5-16/h1-11,14H,12-13,15H2,(H,26,29). The van der Waals surface area contributed by atoms with Crippen LogP contribution >= 0.6 is 11.6 Å². The Morgan fingerprint density at radius 3 is 2.24 bits per heavy atom. The summed E-state index contributed by atoms with van der Waals surface area (Å²) in [5.41, 5.74) is 2.26. The fourth-order valence-electron chi connectivity index (χ4n) is 2.97. The van der Waals surface area contributed by atoms with E-state index in [2.05, 4.69) is 5.32 Å². The van der Waals surface area contributed by atoms with E-state index < -0.39 is 23.4 Å². The number of hydrogen-bond donors (Lipinski definition) is 1. The summed E-state index contributed by atoms with van der Waals surface area (Å²) >= 11 is 5.91. The quantitative estimate of drug-likeness (QED) is 0.204. The van der Waals surface area contributed by atoms with Crippen LogP contribution in [0.4, 0.5) is 11.4 Å². The van der Waals surface area contributed by atoms with E-state index in [1.165, 1.54) is 12.1 Å². The van der Waals surface area contributed by atoms with E-state index in [-0.39, 0.29) is 35.0 Å². The van der Waals surface area contributed by atoms with Crippen LogP contribution < -0.4 is 5.32 Å². The number of rotatable bonds is 9. The number of anilines is 1. The van der Waals surface area contributed by atoms with Gasteiger partial charge in [0.15, 0.2) is 12.4 Å². The fourth-order valence-corrected chi connectivity index (χ4v) is 3.13. The minimum atomic E-state index is -0.718.